The van der Waals surface area contributed by atoms with Crippen molar-refractivity contribution in [2.75, 3.05) is 20.1 Å². The van der Waals surface area contributed by atoms with Crippen LogP contribution in [0.15, 0.2) is 89.9 Å². The minimum Gasteiger partial charge on any atom is -0.462 e. The van der Waals surface area contributed by atoms with Crippen molar-refractivity contribution in [2.24, 2.45) is 10.9 Å². The molecule has 0 N–H and O–H groups in total. The Morgan fingerprint density at radius 3 is 2.16 bits per heavy atom. The van der Waals surface area contributed by atoms with Gasteiger partial charge < -0.3 is 14.5 Å². The SMILES string of the molecule is CC1=NC(=O)N(CCCN(C)C(=O)C(c2ccccc2)c2ccccc2)C(c2cccc([N+](=O)[O-])c2)C1C(=O)OC(C)C. The van der Waals surface area contributed by atoms with Gasteiger partial charge in [-0.25, -0.2) is 9.79 Å². The van der Waals surface area contributed by atoms with Crippen LogP contribution in [-0.4, -0.2) is 64.6 Å². The van der Waals surface area contributed by atoms with E-state index in [2.05, 4.69) is 4.99 Å². The van der Waals surface area contributed by atoms with Crippen molar-refractivity contribution in [1.82, 2.24) is 9.80 Å². The molecule has 1 heterocycles. The number of carbonyl (C=O) groups excluding carboxylic acids is 3. The minimum absolute atomic E-state index is 0.0927. The second-order valence-electron chi connectivity index (χ2n) is 10.9. The number of benzene rings is 3. The standard InChI is InChI=1S/C33H36N4O6/c1-22(2)43-32(39)28-23(3)34-33(40)36(30(28)26-17-11-18-27(21-26)37(41)42)20-12-19-35(4)31(38)29(24-13-7-5-8-14-24)25-15-9-6-10-16-25/h5-11,13-18,21-22,28-30H,12,19-20H2,1-4H3. The van der Waals surface area contributed by atoms with E-state index in [0.717, 1.165) is 11.1 Å². The van der Waals surface area contributed by atoms with E-state index in [0.29, 0.717) is 18.5 Å². The smallest absolute Gasteiger partial charge is 0.344 e. The predicted molar refractivity (Wildman–Crippen MR) is 163 cm³/mol. The molecule has 0 aliphatic carbocycles. The van der Waals surface area contributed by atoms with Gasteiger partial charge in [0.2, 0.25) is 5.91 Å². The molecule has 3 aromatic carbocycles. The number of ether oxygens (including phenoxy) is 1. The summed E-state index contributed by atoms with van der Waals surface area (Å²) in [6.07, 6.45) is -0.0186. The number of nitrogens with zero attached hydrogens (tertiary/aromatic N) is 4. The lowest BCUT2D eigenvalue weighted by molar-refractivity contribution is -0.385. The van der Waals surface area contributed by atoms with Crippen LogP contribution in [0.5, 0.6) is 0 Å². The lowest BCUT2D eigenvalue weighted by Gasteiger charge is -2.39. The molecule has 1 aliphatic heterocycles. The zero-order chi connectivity index (χ0) is 31.1. The molecule has 224 valence electrons. The van der Waals surface area contributed by atoms with E-state index in [1.807, 2.05) is 60.7 Å². The van der Waals surface area contributed by atoms with Crippen LogP contribution in [0, 0.1) is 16.0 Å². The van der Waals surface area contributed by atoms with Gasteiger partial charge in [0.1, 0.15) is 5.92 Å². The molecule has 43 heavy (non-hydrogen) atoms. The third kappa shape index (κ3) is 7.32. The first kappa shape index (κ1) is 31.1. The topological polar surface area (TPSA) is 122 Å². The fourth-order valence-electron chi connectivity index (χ4n) is 5.42. The van der Waals surface area contributed by atoms with E-state index in [1.165, 1.54) is 23.1 Å². The van der Waals surface area contributed by atoms with Crippen LogP contribution in [-0.2, 0) is 14.3 Å². The van der Waals surface area contributed by atoms with Gasteiger partial charge in [0.05, 0.1) is 23.0 Å². The van der Waals surface area contributed by atoms with Crippen LogP contribution in [0.3, 0.4) is 0 Å². The summed E-state index contributed by atoms with van der Waals surface area (Å²) in [5.74, 6) is -2.10. The van der Waals surface area contributed by atoms with Crippen LogP contribution >= 0.6 is 0 Å². The minimum atomic E-state index is -0.943. The summed E-state index contributed by atoms with van der Waals surface area (Å²) >= 11 is 0. The fourth-order valence-corrected chi connectivity index (χ4v) is 5.42. The van der Waals surface area contributed by atoms with E-state index in [9.17, 15) is 24.5 Å². The Labute approximate surface area is 251 Å². The molecule has 4 rings (SSSR count). The Kier molecular flexibility index (Phi) is 10.0. The number of likely N-dealkylation sites (N-methyl/N-ethyl adjacent to an activating group) is 1. The van der Waals surface area contributed by atoms with Gasteiger partial charge in [0.25, 0.3) is 5.69 Å². The highest BCUT2D eigenvalue weighted by atomic mass is 16.6. The Morgan fingerprint density at radius 1 is 1.00 bits per heavy atom. The average molecular weight is 585 g/mol. The molecule has 2 atom stereocenters. The maximum absolute atomic E-state index is 13.8. The van der Waals surface area contributed by atoms with Crippen LogP contribution in [0.25, 0.3) is 0 Å². The van der Waals surface area contributed by atoms with Crippen molar-refractivity contribution in [1.29, 1.82) is 0 Å². The van der Waals surface area contributed by atoms with Crippen LogP contribution in [0.2, 0.25) is 0 Å². The summed E-state index contributed by atoms with van der Waals surface area (Å²) in [6.45, 7) is 5.52. The number of esters is 1. The summed E-state index contributed by atoms with van der Waals surface area (Å²) in [4.78, 5) is 58.5. The van der Waals surface area contributed by atoms with E-state index < -0.39 is 40.9 Å². The lowest BCUT2D eigenvalue weighted by Crippen LogP contribution is -2.48. The number of aliphatic imine (C=N–C) groups is 1. The number of rotatable bonds is 11. The maximum Gasteiger partial charge on any atom is 0.344 e. The second-order valence-corrected chi connectivity index (χ2v) is 10.9. The van der Waals surface area contributed by atoms with Crippen LogP contribution in [0.4, 0.5) is 10.5 Å². The third-order valence-corrected chi connectivity index (χ3v) is 7.43. The number of nitro benzene ring substituents is 1. The Hall–Kier alpha value is -4.86. The summed E-state index contributed by atoms with van der Waals surface area (Å²) in [5, 5.41) is 11.6. The first-order valence-electron chi connectivity index (χ1n) is 14.2. The summed E-state index contributed by atoms with van der Waals surface area (Å²) < 4.78 is 5.51. The molecular weight excluding hydrogens is 548 g/mol. The molecule has 3 aromatic rings. The highest BCUT2D eigenvalue weighted by Crippen LogP contribution is 2.37. The zero-order valence-electron chi connectivity index (χ0n) is 24.8. The van der Waals surface area contributed by atoms with Crippen molar-refractivity contribution < 1.29 is 24.0 Å². The lowest BCUT2D eigenvalue weighted by atomic mass is 9.86. The Morgan fingerprint density at radius 2 is 1.60 bits per heavy atom. The largest absolute Gasteiger partial charge is 0.462 e. The van der Waals surface area contributed by atoms with E-state index in [1.54, 1.807) is 38.8 Å². The molecule has 0 aromatic heterocycles. The molecule has 0 spiro atoms. The van der Waals surface area contributed by atoms with Gasteiger partial charge in [-0.3, -0.25) is 19.7 Å². The van der Waals surface area contributed by atoms with Crippen molar-refractivity contribution >= 4 is 29.3 Å². The number of non-ortho nitro benzene ring substituents is 1. The first-order chi connectivity index (χ1) is 20.6. The average Bonchev–Trinajstić information content (AvgIpc) is 2.98. The molecule has 0 saturated carbocycles. The summed E-state index contributed by atoms with van der Waals surface area (Å²) in [5.41, 5.74) is 2.31. The number of nitro groups is 1. The number of urea groups is 1. The van der Waals surface area contributed by atoms with Crippen molar-refractivity contribution in [3.05, 3.63) is 112 Å². The highest BCUT2D eigenvalue weighted by molar-refractivity contribution is 6.08. The molecule has 3 amide bonds. The normalized spacial score (nSPS) is 16.7. The molecule has 2 unspecified atom stereocenters. The first-order valence-corrected chi connectivity index (χ1v) is 14.2. The Balaban J connectivity index is 1.58. The van der Waals surface area contributed by atoms with Crippen molar-refractivity contribution in [2.45, 2.75) is 45.3 Å². The van der Waals surface area contributed by atoms with Gasteiger partial charge in [-0.15, -0.1) is 0 Å². The van der Waals surface area contributed by atoms with E-state index in [4.69, 9.17) is 4.74 Å². The number of carbonyl (C=O) groups is 3. The molecule has 0 radical (unpaired) electrons. The van der Waals surface area contributed by atoms with Crippen molar-refractivity contribution in [3.63, 3.8) is 0 Å². The molecule has 0 bridgehead atoms. The summed E-state index contributed by atoms with van der Waals surface area (Å²) in [6, 6.07) is 23.6. The second kappa shape index (κ2) is 13.9. The molecule has 1 aliphatic rings. The quantitative estimate of drug-likeness (QED) is 0.160. The number of hydrogen-bond donors (Lipinski definition) is 0. The van der Waals surface area contributed by atoms with E-state index in [-0.39, 0.29) is 23.9 Å². The molecule has 0 fully saturated rings. The molecule has 10 heteroatoms. The molecule has 10 nitrogen and oxygen atoms in total. The fraction of sp³-hybridized carbons (Fsp3) is 0.333. The number of hydrogen-bond acceptors (Lipinski definition) is 6. The Bertz CT molecular complexity index is 1450. The van der Waals surface area contributed by atoms with Crippen LogP contribution < -0.4 is 0 Å². The molecule has 0 saturated heterocycles. The van der Waals surface area contributed by atoms with Crippen LogP contribution in [0.1, 0.15) is 55.8 Å². The van der Waals surface area contributed by atoms with Gasteiger partial charge in [-0.1, -0.05) is 72.8 Å². The third-order valence-electron chi connectivity index (χ3n) is 7.43. The van der Waals surface area contributed by atoms with E-state index >= 15 is 0 Å². The zero-order valence-corrected chi connectivity index (χ0v) is 24.8. The monoisotopic (exact) mass is 584 g/mol. The predicted octanol–water partition coefficient (Wildman–Crippen LogP) is 5.78. The van der Waals surface area contributed by atoms with Gasteiger partial charge in [0, 0.05) is 38.0 Å². The van der Waals surface area contributed by atoms with Gasteiger partial charge in [0.15, 0.2) is 0 Å². The maximum atomic E-state index is 13.8. The van der Waals surface area contributed by atoms with Gasteiger partial charge >= 0.3 is 12.0 Å². The van der Waals surface area contributed by atoms with Crippen molar-refractivity contribution in [3.8, 4) is 0 Å². The number of amides is 3. The summed E-state index contributed by atoms with van der Waals surface area (Å²) in [7, 11) is 1.72. The van der Waals surface area contributed by atoms with Gasteiger partial charge in [-0.2, -0.15) is 0 Å². The molecular formula is C33H36N4O6. The van der Waals surface area contributed by atoms with Gasteiger partial charge in [-0.05, 0) is 43.9 Å². The highest BCUT2D eigenvalue weighted by Gasteiger charge is 2.43.